The molecule has 1 heterocycles. The predicted molar refractivity (Wildman–Crippen MR) is 91.4 cm³/mol. The highest BCUT2D eigenvalue weighted by atomic mass is 35.5. The van der Waals surface area contributed by atoms with Crippen LogP contribution in [0.4, 0.5) is 5.69 Å². The number of aromatic nitrogens is 1. The van der Waals surface area contributed by atoms with Gasteiger partial charge in [0.1, 0.15) is 0 Å². The van der Waals surface area contributed by atoms with Gasteiger partial charge in [-0.2, -0.15) is 0 Å². The minimum absolute atomic E-state index is 0.00643. The van der Waals surface area contributed by atoms with Gasteiger partial charge in [-0.25, -0.2) is 0 Å². The van der Waals surface area contributed by atoms with Crippen LogP contribution in [0.15, 0.2) is 42.7 Å². The summed E-state index contributed by atoms with van der Waals surface area (Å²) in [5, 5.41) is 12.7. The van der Waals surface area contributed by atoms with E-state index in [1.54, 1.807) is 30.6 Å². The highest BCUT2D eigenvalue weighted by Crippen LogP contribution is 2.19. The lowest BCUT2D eigenvalue weighted by molar-refractivity contribution is -0.117. The lowest BCUT2D eigenvalue weighted by atomic mass is 10.2. The van der Waals surface area contributed by atoms with Gasteiger partial charge >= 0.3 is 0 Å². The summed E-state index contributed by atoms with van der Waals surface area (Å²) in [5.41, 5.74) is 2.65. The highest BCUT2D eigenvalue weighted by Gasteiger charge is 2.12. The molecule has 6 heteroatoms. The zero-order valence-electron chi connectivity index (χ0n) is 13.0. The van der Waals surface area contributed by atoms with Crippen molar-refractivity contribution in [3.8, 4) is 0 Å². The summed E-state index contributed by atoms with van der Waals surface area (Å²) in [6.07, 6.45) is 3.46. The molecule has 1 amide bonds. The van der Waals surface area contributed by atoms with Crippen LogP contribution in [0.2, 0.25) is 5.02 Å². The van der Waals surface area contributed by atoms with Crippen LogP contribution in [0.25, 0.3) is 0 Å². The molecule has 23 heavy (non-hydrogen) atoms. The van der Waals surface area contributed by atoms with Gasteiger partial charge < -0.3 is 10.4 Å². The monoisotopic (exact) mass is 333 g/mol. The summed E-state index contributed by atoms with van der Waals surface area (Å²) < 4.78 is 0. The van der Waals surface area contributed by atoms with Crippen LogP contribution in [0.1, 0.15) is 11.1 Å². The van der Waals surface area contributed by atoms with Gasteiger partial charge in [0.2, 0.25) is 5.91 Å². The van der Waals surface area contributed by atoms with Gasteiger partial charge in [0.15, 0.2) is 0 Å². The second-order valence-electron chi connectivity index (χ2n) is 5.30. The maximum Gasteiger partial charge on any atom is 0.238 e. The van der Waals surface area contributed by atoms with Crippen molar-refractivity contribution in [2.75, 3.05) is 25.0 Å². The molecule has 1 aromatic heterocycles. The molecule has 0 bridgehead atoms. The number of nitrogens with one attached hydrogen (secondary N) is 1. The summed E-state index contributed by atoms with van der Waals surface area (Å²) in [7, 11) is 0. The predicted octanol–water partition coefficient (Wildman–Crippen LogP) is 2.48. The van der Waals surface area contributed by atoms with Crippen molar-refractivity contribution in [3.63, 3.8) is 0 Å². The van der Waals surface area contributed by atoms with E-state index in [9.17, 15) is 9.90 Å². The summed E-state index contributed by atoms with van der Waals surface area (Å²) in [6.45, 7) is 3.05. The third-order valence-corrected chi connectivity index (χ3v) is 3.61. The largest absolute Gasteiger partial charge is 0.395 e. The number of aliphatic hydroxyl groups is 1. The molecular formula is C17H20ClN3O2. The minimum atomic E-state index is -0.132. The number of hydrogen-bond donors (Lipinski definition) is 2. The fourth-order valence-electron chi connectivity index (χ4n) is 2.27. The quantitative estimate of drug-likeness (QED) is 0.817. The molecule has 0 atom stereocenters. The molecular weight excluding hydrogens is 314 g/mol. The number of pyridine rings is 1. The molecule has 0 aliphatic rings. The molecule has 2 aromatic rings. The Labute approximate surface area is 140 Å². The summed E-state index contributed by atoms with van der Waals surface area (Å²) in [5.74, 6) is -0.132. The summed E-state index contributed by atoms with van der Waals surface area (Å²) in [6, 6.07) is 9.12. The molecule has 0 aliphatic carbocycles. The van der Waals surface area contributed by atoms with Crippen molar-refractivity contribution in [1.29, 1.82) is 0 Å². The van der Waals surface area contributed by atoms with E-state index in [4.69, 9.17) is 11.6 Å². The number of carbonyl (C=O) groups is 1. The summed E-state index contributed by atoms with van der Waals surface area (Å²) >= 11 is 5.91. The van der Waals surface area contributed by atoms with Gasteiger partial charge in [-0.05, 0) is 42.3 Å². The van der Waals surface area contributed by atoms with Crippen molar-refractivity contribution in [1.82, 2.24) is 9.88 Å². The number of carbonyl (C=O) groups excluding carboxylic acids is 1. The number of anilines is 1. The van der Waals surface area contributed by atoms with E-state index >= 15 is 0 Å². The van der Waals surface area contributed by atoms with Crippen LogP contribution in [-0.4, -0.2) is 40.6 Å². The molecule has 0 saturated heterocycles. The first-order valence-electron chi connectivity index (χ1n) is 7.36. The van der Waals surface area contributed by atoms with Crippen molar-refractivity contribution in [3.05, 3.63) is 58.9 Å². The van der Waals surface area contributed by atoms with E-state index in [0.29, 0.717) is 18.1 Å². The van der Waals surface area contributed by atoms with E-state index in [-0.39, 0.29) is 19.1 Å². The fraction of sp³-hybridized carbons (Fsp3) is 0.294. The molecule has 122 valence electrons. The maximum atomic E-state index is 12.2. The first-order valence-corrected chi connectivity index (χ1v) is 7.74. The average Bonchev–Trinajstić information content (AvgIpc) is 2.51. The van der Waals surface area contributed by atoms with Crippen molar-refractivity contribution < 1.29 is 9.90 Å². The molecule has 0 spiro atoms. The molecule has 0 aliphatic heterocycles. The van der Waals surface area contributed by atoms with Crippen molar-refractivity contribution >= 4 is 23.2 Å². The third kappa shape index (κ3) is 5.63. The number of aryl methyl sites for hydroxylation is 1. The van der Waals surface area contributed by atoms with E-state index < -0.39 is 0 Å². The van der Waals surface area contributed by atoms with Gasteiger partial charge in [-0.1, -0.05) is 17.7 Å². The van der Waals surface area contributed by atoms with Crippen LogP contribution in [0.5, 0.6) is 0 Å². The number of halogens is 1. The Hall–Kier alpha value is -1.95. The molecule has 0 saturated carbocycles. The Kier molecular flexibility index (Phi) is 6.52. The van der Waals surface area contributed by atoms with Crippen LogP contribution < -0.4 is 5.32 Å². The molecule has 2 rings (SSSR count). The summed E-state index contributed by atoms with van der Waals surface area (Å²) in [4.78, 5) is 18.2. The van der Waals surface area contributed by atoms with E-state index in [1.807, 2.05) is 24.0 Å². The third-order valence-electron chi connectivity index (χ3n) is 3.37. The van der Waals surface area contributed by atoms with Crippen LogP contribution in [-0.2, 0) is 11.3 Å². The van der Waals surface area contributed by atoms with Gasteiger partial charge in [0.05, 0.1) is 13.2 Å². The second kappa shape index (κ2) is 8.62. The van der Waals surface area contributed by atoms with Crippen molar-refractivity contribution in [2.45, 2.75) is 13.5 Å². The Balaban J connectivity index is 1.97. The van der Waals surface area contributed by atoms with Crippen LogP contribution >= 0.6 is 11.6 Å². The topological polar surface area (TPSA) is 65.5 Å². The molecule has 0 fully saturated rings. The normalized spacial score (nSPS) is 10.8. The number of nitrogens with zero attached hydrogens (tertiary/aromatic N) is 2. The zero-order valence-corrected chi connectivity index (χ0v) is 13.8. The van der Waals surface area contributed by atoms with E-state index in [0.717, 1.165) is 16.8 Å². The Bertz CT molecular complexity index is 650. The van der Waals surface area contributed by atoms with Gasteiger partial charge in [-0.15, -0.1) is 0 Å². The molecule has 2 N–H and O–H groups in total. The zero-order chi connectivity index (χ0) is 16.7. The Morgan fingerprint density at radius 2 is 2.22 bits per heavy atom. The first-order chi connectivity index (χ1) is 11.1. The van der Waals surface area contributed by atoms with E-state index in [2.05, 4.69) is 10.3 Å². The van der Waals surface area contributed by atoms with Gasteiger partial charge in [0.25, 0.3) is 0 Å². The number of hydrogen-bond acceptors (Lipinski definition) is 4. The minimum Gasteiger partial charge on any atom is -0.395 e. The average molecular weight is 334 g/mol. The van der Waals surface area contributed by atoms with Gasteiger partial charge in [0, 0.05) is 36.2 Å². The molecule has 1 aromatic carbocycles. The SMILES string of the molecule is Cc1cc(Cl)ccc1NC(=O)CN(CCO)Cc1cccnc1. The molecule has 5 nitrogen and oxygen atoms in total. The standard InChI is InChI=1S/C17H20ClN3O2/c1-13-9-15(18)4-5-16(13)20-17(23)12-21(7-8-22)11-14-3-2-6-19-10-14/h2-6,9-10,22H,7-8,11-12H2,1H3,(H,20,23). The van der Waals surface area contributed by atoms with Crippen LogP contribution in [0.3, 0.4) is 0 Å². The van der Waals surface area contributed by atoms with Gasteiger partial charge in [-0.3, -0.25) is 14.7 Å². The number of rotatable bonds is 7. The Morgan fingerprint density at radius 1 is 1.39 bits per heavy atom. The number of aliphatic hydroxyl groups excluding tert-OH is 1. The number of amides is 1. The Morgan fingerprint density at radius 3 is 2.87 bits per heavy atom. The van der Waals surface area contributed by atoms with Crippen LogP contribution in [0, 0.1) is 6.92 Å². The lowest BCUT2D eigenvalue weighted by Gasteiger charge is -2.21. The molecule has 0 radical (unpaired) electrons. The van der Waals surface area contributed by atoms with E-state index in [1.165, 1.54) is 0 Å². The first kappa shape index (κ1) is 17.4. The number of benzene rings is 1. The van der Waals surface area contributed by atoms with Crippen molar-refractivity contribution in [2.24, 2.45) is 0 Å². The fourth-order valence-corrected chi connectivity index (χ4v) is 2.49. The smallest absolute Gasteiger partial charge is 0.238 e. The molecule has 0 unspecified atom stereocenters. The highest BCUT2D eigenvalue weighted by molar-refractivity contribution is 6.30. The maximum absolute atomic E-state index is 12.2. The second-order valence-corrected chi connectivity index (χ2v) is 5.74. The lowest BCUT2D eigenvalue weighted by Crippen LogP contribution is -2.35.